The molecular formula is C22H25FN6O2. The SMILES string of the molecule is CC1CN(c2ccc(NC(=O)NCc3cccnc3-n3cccn3)cc2F)CC(C)O1. The molecule has 3 aromatic rings. The average molecular weight is 424 g/mol. The molecule has 1 fully saturated rings. The summed E-state index contributed by atoms with van der Waals surface area (Å²) < 4.78 is 22.1. The minimum Gasteiger partial charge on any atom is -0.372 e. The van der Waals surface area contributed by atoms with Crippen molar-refractivity contribution in [3.63, 3.8) is 0 Å². The van der Waals surface area contributed by atoms with Gasteiger partial charge in [-0.25, -0.2) is 18.9 Å². The van der Waals surface area contributed by atoms with Gasteiger partial charge in [0.25, 0.3) is 0 Å². The zero-order valence-corrected chi connectivity index (χ0v) is 17.5. The van der Waals surface area contributed by atoms with Crippen LogP contribution in [0.1, 0.15) is 19.4 Å². The monoisotopic (exact) mass is 424 g/mol. The lowest BCUT2D eigenvalue weighted by atomic mass is 10.2. The van der Waals surface area contributed by atoms with Gasteiger partial charge in [0.2, 0.25) is 0 Å². The summed E-state index contributed by atoms with van der Waals surface area (Å²) in [6.45, 7) is 5.44. The molecular weight excluding hydrogens is 399 g/mol. The van der Waals surface area contributed by atoms with E-state index in [4.69, 9.17) is 4.74 Å². The van der Waals surface area contributed by atoms with Crippen molar-refractivity contribution in [2.45, 2.75) is 32.6 Å². The van der Waals surface area contributed by atoms with E-state index in [2.05, 4.69) is 20.7 Å². The second-order valence-corrected chi connectivity index (χ2v) is 7.57. The Hall–Kier alpha value is -3.46. The maximum Gasteiger partial charge on any atom is 0.319 e. The van der Waals surface area contributed by atoms with Gasteiger partial charge in [0, 0.05) is 49.5 Å². The van der Waals surface area contributed by atoms with Crippen LogP contribution in [0.15, 0.2) is 55.0 Å². The van der Waals surface area contributed by atoms with Crippen molar-refractivity contribution < 1.29 is 13.9 Å². The zero-order chi connectivity index (χ0) is 21.8. The largest absolute Gasteiger partial charge is 0.372 e. The first-order chi connectivity index (χ1) is 15.0. The van der Waals surface area contributed by atoms with Crippen molar-refractivity contribution in [2.75, 3.05) is 23.3 Å². The van der Waals surface area contributed by atoms with Crippen LogP contribution < -0.4 is 15.5 Å². The molecule has 1 saturated heterocycles. The van der Waals surface area contributed by atoms with Crippen LogP contribution in [0.2, 0.25) is 0 Å². The second-order valence-electron chi connectivity index (χ2n) is 7.57. The van der Waals surface area contributed by atoms with E-state index in [0.717, 1.165) is 5.56 Å². The number of morpholine rings is 1. The van der Waals surface area contributed by atoms with Crippen LogP contribution in [0.5, 0.6) is 0 Å². The number of carbonyl (C=O) groups excluding carboxylic acids is 1. The lowest BCUT2D eigenvalue weighted by Crippen LogP contribution is -2.45. The molecule has 0 bridgehead atoms. The van der Waals surface area contributed by atoms with Crippen LogP contribution in [-0.2, 0) is 11.3 Å². The number of nitrogens with zero attached hydrogens (tertiary/aromatic N) is 4. The Balaban J connectivity index is 1.38. The van der Waals surface area contributed by atoms with Crippen molar-refractivity contribution >= 4 is 17.4 Å². The number of hydrogen-bond donors (Lipinski definition) is 2. The smallest absolute Gasteiger partial charge is 0.319 e. The number of pyridine rings is 1. The maximum absolute atomic E-state index is 14.7. The molecule has 0 spiro atoms. The van der Waals surface area contributed by atoms with Crippen molar-refractivity contribution in [1.29, 1.82) is 0 Å². The topological polar surface area (TPSA) is 84.3 Å². The highest BCUT2D eigenvalue weighted by Crippen LogP contribution is 2.26. The quantitative estimate of drug-likeness (QED) is 0.656. The van der Waals surface area contributed by atoms with E-state index in [0.29, 0.717) is 30.3 Å². The highest BCUT2D eigenvalue weighted by molar-refractivity contribution is 5.89. The molecule has 0 aliphatic carbocycles. The van der Waals surface area contributed by atoms with Crippen LogP contribution >= 0.6 is 0 Å². The molecule has 31 heavy (non-hydrogen) atoms. The van der Waals surface area contributed by atoms with Gasteiger partial charge in [-0.2, -0.15) is 5.10 Å². The lowest BCUT2D eigenvalue weighted by Gasteiger charge is -2.37. The summed E-state index contributed by atoms with van der Waals surface area (Å²) in [4.78, 5) is 18.6. The summed E-state index contributed by atoms with van der Waals surface area (Å²) in [6.07, 6.45) is 5.18. The maximum atomic E-state index is 14.7. The van der Waals surface area contributed by atoms with E-state index in [-0.39, 0.29) is 24.6 Å². The highest BCUT2D eigenvalue weighted by Gasteiger charge is 2.24. The first-order valence-corrected chi connectivity index (χ1v) is 10.2. The fraction of sp³-hybridized carbons (Fsp3) is 0.318. The first kappa shape index (κ1) is 20.8. The number of amides is 2. The number of urea groups is 1. The summed E-state index contributed by atoms with van der Waals surface area (Å²) in [5.74, 6) is 0.254. The fourth-order valence-electron chi connectivity index (χ4n) is 3.74. The molecule has 2 amide bonds. The van der Waals surface area contributed by atoms with Gasteiger partial charge in [-0.1, -0.05) is 6.07 Å². The molecule has 2 N–H and O–H groups in total. The van der Waals surface area contributed by atoms with Gasteiger partial charge in [0.1, 0.15) is 5.82 Å². The third-order valence-corrected chi connectivity index (χ3v) is 4.99. The van der Waals surface area contributed by atoms with E-state index in [9.17, 15) is 9.18 Å². The molecule has 1 aliphatic heterocycles. The summed E-state index contributed by atoms with van der Waals surface area (Å²) in [7, 11) is 0. The number of benzene rings is 1. The number of hydrogen-bond acceptors (Lipinski definition) is 5. The third-order valence-electron chi connectivity index (χ3n) is 4.99. The molecule has 0 saturated carbocycles. The Bertz CT molecular complexity index is 1030. The summed E-state index contributed by atoms with van der Waals surface area (Å²) >= 11 is 0. The number of halogens is 1. The molecule has 9 heteroatoms. The van der Waals surface area contributed by atoms with Crippen molar-refractivity contribution in [1.82, 2.24) is 20.1 Å². The number of nitrogens with one attached hydrogen (secondary N) is 2. The number of rotatable bonds is 5. The molecule has 3 heterocycles. The van der Waals surface area contributed by atoms with Gasteiger partial charge in [-0.3, -0.25) is 0 Å². The fourth-order valence-corrected chi connectivity index (χ4v) is 3.74. The Labute approximate surface area is 180 Å². The number of aromatic nitrogens is 3. The van der Waals surface area contributed by atoms with Crippen LogP contribution in [0.3, 0.4) is 0 Å². The van der Waals surface area contributed by atoms with Crippen LogP contribution in [0.25, 0.3) is 5.82 Å². The van der Waals surface area contributed by atoms with Gasteiger partial charge in [0.15, 0.2) is 5.82 Å². The van der Waals surface area contributed by atoms with Gasteiger partial charge < -0.3 is 20.3 Å². The first-order valence-electron chi connectivity index (χ1n) is 10.2. The summed E-state index contributed by atoms with van der Waals surface area (Å²) in [6, 6.07) is 9.74. The average Bonchev–Trinajstić information content (AvgIpc) is 3.26. The molecule has 2 aromatic heterocycles. The minimum absolute atomic E-state index is 0.0332. The molecule has 2 unspecified atom stereocenters. The van der Waals surface area contributed by atoms with Crippen molar-refractivity contribution in [2.24, 2.45) is 0 Å². The van der Waals surface area contributed by atoms with Gasteiger partial charge >= 0.3 is 6.03 Å². The van der Waals surface area contributed by atoms with Crippen molar-refractivity contribution in [3.8, 4) is 5.82 Å². The predicted octanol–water partition coefficient (Wildman–Crippen LogP) is 3.34. The number of anilines is 2. The molecule has 1 aromatic carbocycles. The number of carbonyl (C=O) groups is 1. The van der Waals surface area contributed by atoms with Gasteiger partial charge in [-0.05, 0) is 44.2 Å². The van der Waals surface area contributed by atoms with E-state index in [1.54, 1.807) is 47.5 Å². The van der Waals surface area contributed by atoms with E-state index < -0.39 is 6.03 Å². The summed E-state index contributed by atoms with van der Waals surface area (Å²) in [5, 5.41) is 9.64. The predicted molar refractivity (Wildman–Crippen MR) is 116 cm³/mol. The Morgan fingerprint density at radius 3 is 2.71 bits per heavy atom. The second kappa shape index (κ2) is 9.13. The third kappa shape index (κ3) is 5.00. The zero-order valence-electron chi connectivity index (χ0n) is 17.5. The molecule has 0 radical (unpaired) electrons. The van der Waals surface area contributed by atoms with E-state index in [1.807, 2.05) is 24.8 Å². The van der Waals surface area contributed by atoms with E-state index in [1.165, 1.54) is 6.07 Å². The Morgan fingerprint density at radius 2 is 2.00 bits per heavy atom. The lowest BCUT2D eigenvalue weighted by molar-refractivity contribution is -0.00539. The van der Waals surface area contributed by atoms with Gasteiger partial charge in [0.05, 0.1) is 17.9 Å². The summed E-state index contributed by atoms with van der Waals surface area (Å²) in [5.41, 5.74) is 1.69. The van der Waals surface area contributed by atoms with Gasteiger partial charge in [-0.15, -0.1) is 0 Å². The standard InChI is InChI=1S/C22H25FN6O2/c1-15-13-28(14-16(2)31-15)20-7-6-18(11-19(20)23)27-22(30)25-12-17-5-3-8-24-21(17)29-10-4-9-26-29/h3-11,15-16H,12-14H2,1-2H3,(H2,25,27,30). The Morgan fingerprint density at radius 1 is 1.19 bits per heavy atom. The highest BCUT2D eigenvalue weighted by atomic mass is 19.1. The van der Waals surface area contributed by atoms with Crippen LogP contribution in [0.4, 0.5) is 20.6 Å². The molecule has 4 rings (SSSR count). The molecule has 2 atom stereocenters. The van der Waals surface area contributed by atoms with Crippen LogP contribution in [0, 0.1) is 5.82 Å². The number of ether oxygens (including phenoxy) is 1. The Kier molecular flexibility index (Phi) is 6.13. The normalized spacial score (nSPS) is 18.6. The minimum atomic E-state index is -0.434. The van der Waals surface area contributed by atoms with E-state index >= 15 is 0 Å². The molecule has 1 aliphatic rings. The van der Waals surface area contributed by atoms with Crippen molar-refractivity contribution in [3.05, 3.63) is 66.4 Å². The molecule has 8 nitrogen and oxygen atoms in total. The van der Waals surface area contributed by atoms with Crippen LogP contribution in [-0.4, -0.2) is 46.1 Å². The molecule has 162 valence electrons.